The molecule has 140 valence electrons. The van der Waals surface area contributed by atoms with E-state index in [9.17, 15) is 0 Å². The molecule has 1 unspecified atom stereocenters. The third-order valence-corrected chi connectivity index (χ3v) is 5.05. The van der Waals surface area contributed by atoms with Gasteiger partial charge < -0.3 is 4.74 Å². The molecule has 5 rings (SSSR count). The fourth-order valence-corrected chi connectivity index (χ4v) is 3.61. The maximum absolute atomic E-state index is 6.03. The Morgan fingerprint density at radius 2 is 1.93 bits per heavy atom. The molecule has 0 N–H and O–H groups in total. The van der Waals surface area contributed by atoms with Crippen molar-refractivity contribution in [3.8, 4) is 11.1 Å². The van der Waals surface area contributed by atoms with E-state index in [0.717, 1.165) is 42.0 Å². The Morgan fingerprint density at radius 3 is 2.79 bits per heavy atom. The first-order chi connectivity index (χ1) is 13.9. The van der Waals surface area contributed by atoms with Gasteiger partial charge in [0.15, 0.2) is 0 Å². The second-order valence-electron chi connectivity index (χ2n) is 6.91. The van der Waals surface area contributed by atoms with Crippen molar-refractivity contribution >= 4 is 5.52 Å². The molecule has 0 saturated carbocycles. The Bertz CT molecular complexity index is 1070. The van der Waals surface area contributed by atoms with Gasteiger partial charge >= 0.3 is 0 Å². The first-order valence-corrected chi connectivity index (χ1v) is 9.35. The van der Waals surface area contributed by atoms with Gasteiger partial charge in [-0.1, -0.05) is 17.3 Å². The van der Waals surface area contributed by atoms with Crippen LogP contribution < -0.4 is 0 Å². The summed E-state index contributed by atoms with van der Waals surface area (Å²) in [4.78, 5) is 10.7. The van der Waals surface area contributed by atoms with E-state index in [1.54, 1.807) is 6.20 Å². The fourth-order valence-electron chi connectivity index (χ4n) is 3.61. The lowest BCUT2D eigenvalue weighted by Gasteiger charge is -2.32. The summed E-state index contributed by atoms with van der Waals surface area (Å²) in [6, 6.07) is 12.2. The molecule has 7 nitrogen and oxygen atoms in total. The molecule has 28 heavy (non-hydrogen) atoms. The third kappa shape index (κ3) is 3.37. The predicted molar refractivity (Wildman–Crippen MR) is 104 cm³/mol. The smallest absolute Gasteiger partial charge is 0.121 e. The average molecular weight is 372 g/mol. The molecule has 0 radical (unpaired) electrons. The lowest BCUT2D eigenvalue weighted by molar-refractivity contribution is -0.0343. The highest BCUT2D eigenvalue weighted by atomic mass is 16.5. The summed E-state index contributed by atoms with van der Waals surface area (Å²) in [7, 11) is 0. The van der Waals surface area contributed by atoms with E-state index in [2.05, 4.69) is 49.4 Å². The van der Waals surface area contributed by atoms with E-state index in [0.29, 0.717) is 6.61 Å². The molecule has 4 aromatic heterocycles. The van der Waals surface area contributed by atoms with Crippen LogP contribution in [0.5, 0.6) is 0 Å². The highest BCUT2D eigenvalue weighted by Crippen LogP contribution is 2.27. The minimum absolute atomic E-state index is 0.0858. The largest absolute Gasteiger partial charge is 0.369 e. The minimum Gasteiger partial charge on any atom is -0.369 e. The lowest BCUT2D eigenvalue weighted by Crippen LogP contribution is -2.38. The Hall–Kier alpha value is -3.16. The van der Waals surface area contributed by atoms with E-state index in [1.807, 2.05) is 41.4 Å². The number of ether oxygens (including phenoxy) is 1. The number of hydrogen-bond acceptors (Lipinski definition) is 6. The van der Waals surface area contributed by atoms with Crippen LogP contribution in [-0.2, 0) is 11.3 Å². The SMILES string of the molecule is c1cncc(-c2ccc3c(C4CN(Cc5ccncc5)CCO4)nnn3c2)c1. The third-order valence-electron chi connectivity index (χ3n) is 5.05. The summed E-state index contributed by atoms with van der Waals surface area (Å²) in [5.74, 6) is 0. The molecule has 0 spiro atoms. The zero-order valence-corrected chi connectivity index (χ0v) is 15.3. The molecular weight excluding hydrogens is 352 g/mol. The summed E-state index contributed by atoms with van der Waals surface area (Å²) in [6.07, 6.45) is 9.19. The molecule has 1 atom stereocenters. The Morgan fingerprint density at radius 1 is 1.00 bits per heavy atom. The van der Waals surface area contributed by atoms with Crippen LogP contribution in [0.15, 0.2) is 67.4 Å². The Labute approximate surface area is 162 Å². The van der Waals surface area contributed by atoms with Gasteiger partial charge in [0.25, 0.3) is 0 Å². The number of nitrogens with zero attached hydrogens (tertiary/aromatic N) is 6. The van der Waals surface area contributed by atoms with Crippen molar-refractivity contribution in [3.63, 3.8) is 0 Å². The quantitative estimate of drug-likeness (QED) is 0.549. The molecule has 1 fully saturated rings. The van der Waals surface area contributed by atoms with Gasteiger partial charge in [-0.3, -0.25) is 14.9 Å². The van der Waals surface area contributed by atoms with Gasteiger partial charge in [0, 0.05) is 61.7 Å². The monoisotopic (exact) mass is 372 g/mol. The molecule has 4 aromatic rings. The molecule has 1 aliphatic heterocycles. The normalized spacial score (nSPS) is 17.8. The van der Waals surface area contributed by atoms with Gasteiger partial charge in [-0.25, -0.2) is 4.52 Å². The van der Waals surface area contributed by atoms with Crippen molar-refractivity contribution in [1.82, 2.24) is 29.7 Å². The van der Waals surface area contributed by atoms with Crippen molar-refractivity contribution in [1.29, 1.82) is 0 Å². The van der Waals surface area contributed by atoms with Crippen LogP contribution in [0.1, 0.15) is 17.4 Å². The summed E-state index contributed by atoms with van der Waals surface area (Å²) in [5.41, 5.74) is 5.23. The molecule has 1 aliphatic rings. The summed E-state index contributed by atoms with van der Waals surface area (Å²) < 4.78 is 7.86. The molecule has 0 bridgehead atoms. The van der Waals surface area contributed by atoms with Crippen molar-refractivity contribution in [2.75, 3.05) is 19.7 Å². The van der Waals surface area contributed by atoms with Gasteiger partial charge in [0.1, 0.15) is 11.8 Å². The molecule has 7 heteroatoms. The number of aromatic nitrogens is 5. The van der Waals surface area contributed by atoms with Crippen LogP contribution in [0.2, 0.25) is 0 Å². The van der Waals surface area contributed by atoms with E-state index in [1.165, 1.54) is 5.56 Å². The summed E-state index contributed by atoms with van der Waals surface area (Å²) >= 11 is 0. The van der Waals surface area contributed by atoms with Crippen molar-refractivity contribution in [3.05, 3.63) is 78.6 Å². The highest BCUT2D eigenvalue weighted by molar-refractivity contribution is 5.65. The van der Waals surface area contributed by atoms with E-state index < -0.39 is 0 Å². The molecular formula is C21H20N6O. The molecule has 0 aliphatic carbocycles. The van der Waals surface area contributed by atoms with Gasteiger partial charge in [-0.15, -0.1) is 5.10 Å². The average Bonchev–Trinajstić information content (AvgIpc) is 3.19. The predicted octanol–water partition coefficient (Wildman–Crippen LogP) is 2.76. The van der Waals surface area contributed by atoms with Crippen molar-refractivity contribution in [2.45, 2.75) is 12.6 Å². The zero-order valence-electron chi connectivity index (χ0n) is 15.3. The number of morpholine rings is 1. The van der Waals surface area contributed by atoms with Crippen LogP contribution in [0.25, 0.3) is 16.6 Å². The zero-order chi connectivity index (χ0) is 18.8. The minimum atomic E-state index is -0.0858. The van der Waals surface area contributed by atoms with Gasteiger partial charge in [-0.05, 0) is 29.8 Å². The Balaban J connectivity index is 1.38. The van der Waals surface area contributed by atoms with Crippen LogP contribution in [0.4, 0.5) is 0 Å². The standard InChI is InChI=1S/C21H20N6O/c1-2-17(12-23-7-1)18-3-4-19-21(24-25-27(19)14-18)20-15-26(10-11-28-20)13-16-5-8-22-9-6-16/h1-9,12,14,20H,10-11,13,15H2. The summed E-state index contributed by atoms with van der Waals surface area (Å²) in [6.45, 7) is 3.26. The van der Waals surface area contributed by atoms with Crippen molar-refractivity contribution in [2.24, 2.45) is 0 Å². The molecule has 5 heterocycles. The molecule has 0 aromatic carbocycles. The number of rotatable bonds is 4. The first-order valence-electron chi connectivity index (χ1n) is 9.35. The van der Waals surface area contributed by atoms with Crippen LogP contribution in [-0.4, -0.2) is 49.4 Å². The highest BCUT2D eigenvalue weighted by Gasteiger charge is 2.26. The van der Waals surface area contributed by atoms with Gasteiger partial charge in [0.05, 0.1) is 12.1 Å². The lowest BCUT2D eigenvalue weighted by atomic mass is 10.1. The summed E-state index contributed by atoms with van der Waals surface area (Å²) in [5, 5.41) is 8.76. The van der Waals surface area contributed by atoms with Gasteiger partial charge in [0.2, 0.25) is 0 Å². The number of fused-ring (bicyclic) bond motifs is 1. The van der Waals surface area contributed by atoms with Crippen molar-refractivity contribution < 1.29 is 4.74 Å². The second-order valence-corrected chi connectivity index (χ2v) is 6.91. The van der Waals surface area contributed by atoms with E-state index in [-0.39, 0.29) is 6.10 Å². The van der Waals surface area contributed by atoms with Gasteiger partial charge in [-0.2, -0.15) is 0 Å². The molecule has 0 amide bonds. The van der Waals surface area contributed by atoms with Crippen LogP contribution >= 0.6 is 0 Å². The molecule has 1 saturated heterocycles. The maximum Gasteiger partial charge on any atom is 0.121 e. The Kier molecular flexibility index (Phi) is 4.52. The van der Waals surface area contributed by atoms with Crippen LogP contribution in [0, 0.1) is 0 Å². The number of hydrogen-bond donors (Lipinski definition) is 0. The fraction of sp³-hybridized carbons (Fsp3) is 0.238. The van der Waals surface area contributed by atoms with E-state index >= 15 is 0 Å². The van der Waals surface area contributed by atoms with Crippen LogP contribution in [0.3, 0.4) is 0 Å². The number of pyridine rings is 3. The first kappa shape index (κ1) is 17.0. The second kappa shape index (κ2) is 7.46. The van der Waals surface area contributed by atoms with E-state index in [4.69, 9.17) is 4.74 Å². The maximum atomic E-state index is 6.03. The topological polar surface area (TPSA) is 68.4 Å².